The lowest BCUT2D eigenvalue weighted by molar-refractivity contribution is 0.104. The van der Waals surface area contributed by atoms with Crippen LogP contribution in [0.25, 0.3) is 16.9 Å². The van der Waals surface area contributed by atoms with Gasteiger partial charge in [-0.15, -0.1) is 11.3 Å². The fourth-order valence-corrected chi connectivity index (χ4v) is 2.75. The second-order valence-electron chi connectivity index (χ2n) is 4.80. The van der Waals surface area contributed by atoms with Crippen molar-refractivity contribution in [1.82, 2.24) is 15.0 Å². The minimum Gasteiger partial charge on any atom is -0.494 e. The molecule has 0 aliphatic rings. The van der Waals surface area contributed by atoms with E-state index in [2.05, 4.69) is 15.0 Å². The van der Waals surface area contributed by atoms with Gasteiger partial charge in [-0.05, 0) is 49.4 Å². The smallest absolute Gasteiger partial charge is 0.188 e. The molecular weight excluding hydrogens is 322 g/mol. The number of aromatic nitrogens is 3. The van der Waals surface area contributed by atoms with Crippen molar-refractivity contribution in [2.45, 2.75) is 6.92 Å². The zero-order valence-corrected chi connectivity index (χ0v) is 13.9. The quantitative estimate of drug-likeness (QED) is 0.504. The van der Waals surface area contributed by atoms with Crippen molar-refractivity contribution in [2.24, 2.45) is 0 Å². The van der Waals surface area contributed by atoms with Gasteiger partial charge in [-0.25, -0.2) is 15.0 Å². The summed E-state index contributed by atoms with van der Waals surface area (Å²) >= 11 is 1.44. The van der Waals surface area contributed by atoms with Gasteiger partial charge in [-0.3, -0.25) is 4.79 Å². The first kappa shape index (κ1) is 16.0. The Labute approximate surface area is 143 Å². The van der Waals surface area contributed by atoms with Gasteiger partial charge >= 0.3 is 0 Å². The Morgan fingerprint density at radius 1 is 1.21 bits per heavy atom. The molecule has 2 heterocycles. The number of rotatable bonds is 6. The first-order valence-electron chi connectivity index (χ1n) is 7.44. The summed E-state index contributed by atoms with van der Waals surface area (Å²) in [6, 6.07) is 8.84. The van der Waals surface area contributed by atoms with Gasteiger partial charge in [0.2, 0.25) is 0 Å². The van der Waals surface area contributed by atoms with Crippen LogP contribution in [-0.2, 0) is 0 Å². The lowest BCUT2D eigenvalue weighted by Crippen LogP contribution is -1.95. The topological polar surface area (TPSA) is 65.0 Å². The highest BCUT2D eigenvalue weighted by Gasteiger charge is 2.06. The number of ether oxygens (including phenoxy) is 1. The number of carbonyl (C=O) groups excluding carboxylic acids is 1. The van der Waals surface area contributed by atoms with Crippen LogP contribution in [0.4, 0.5) is 0 Å². The number of hydrogen-bond donors (Lipinski definition) is 0. The fourth-order valence-electron chi connectivity index (χ4n) is 2.01. The van der Waals surface area contributed by atoms with Crippen LogP contribution >= 0.6 is 11.3 Å². The number of hydrogen-bond acceptors (Lipinski definition) is 6. The van der Waals surface area contributed by atoms with E-state index in [0.717, 1.165) is 10.8 Å². The summed E-state index contributed by atoms with van der Waals surface area (Å²) in [6.07, 6.45) is 6.56. The third kappa shape index (κ3) is 3.91. The number of carbonyl (C=O) groups is 1. The summed E-state index contributed by atoms with van der Waals surface area (Å²) < 4.78 is 5.36. The molecule has 0 radical (unpaired) electrons. The van der Waals surface area contributed by atoms with Gasteiger partial charge in [0, 0.05) is 23.3 Å². The van der Waals surface area contributed by atoms with Crippen LogP contribution in [0.2, 0.25) is 0 Å². The number of ketones is 1. The van der Waals surface area contributed by atoms with Crippen molar-refractivity contribution in [1.29, 1.82) is 0 Å². The van der Waals surface area contributed by atoms with Gasteiger partial charge in [-0.1, -0.05) is 0 Å². The molecule has 0 unspecified atom stereocenters. The number of benzene rings is 1. The largest absolute Gasteiger partial charge is 0.494 e. The third-order valence-corrected chi connectivity index (χ3v) is 3.99. The fraction of sp³-hybridized carbons (Fsp3) is 0.111. The number of thiazole rings is 1. The molecule has 0 saturated heterocycles. The Morgan fingerprint density at radius 3 is 2.67 bits per heavy atom. The molecule has 1 aromatic carbocycles. The standard InChI is InChI=1S/C18H15N3O2S/c1-2-23-15-7-4-13(5-8-15)16(22)9-6-14-12-24-18(21-14)17-19-10-3-11-20-17/h3-12H,2H2,1H3. The van der Waals surface area contributed by atoms with Crippen molar-refractivity contribution >= 4 is 23.2 Å². The van der Waals surface area contributed by atoms with E-state index in [1.165, 1.54) is 17.4 Å². The van der Waals surface area contributed by atoms with Crippen molar-refractivity contribution in [3.63, 3.8) is 0 Å². The van der Waals surface area contributed by atoms with E-state index in [1.807, 2.05) is 12.3 Å². The Kier molecular flexibility index (Phi) is 5.08. The summed E-state index contributed by atoms with van der Waals surface area (Å²) in [6.45, 7) is 2.52. The Morgan fingerprint density at radius 2 is 1.96 bits per heavy atom. The molecule has 24 heavy (non-hydrogen) atoms. The van der Waals surface area contributed by atoms with Gasteiger partial charge < -0.3 is 4.74 Å². The second-order valence-corrected chi connectivity index (χ2v) is 5.66. The molecule has 0 fully saturated rings. The van der Waals surface area contributed by atoms with Crippen LogP contribution < -0.4 is 4.74 Å². The van der Waals surface area contributed by atoms with E-state index in [4.69, 9.17) is 4.74 Å². The van der Waals surface area contributed by atoms with Crippen LogP contribution in [-0.4, -0.2) is 27.3 Å². The molecule has 0 spiro atoms. The van der Waals surface area contributed by atoms with Gasteiger partial charge in [0.25, 0.3) is 0 Å². The predicted molar refractivity (Wildman–Crippen MR) is 94.1 cm³/mol. The highest BCUT2D eigenvalue weighted by atomic mass is 32.1. The van der Waals surface area contributed by atoms with E-state index in [9.17, 15) is 4.79 Å². The number of nitrogens with zero attached hydrogens (tertiary/aromatic N) is 3. The minimum atomic E-state index is -0.0800. The van der Waals surface area contributed by atoms with Crippen LogP contribution in [0, 0.1) is 0 Å². The molecular formula is C18H15N3O2S. The molecule has 0 bridgehead atoms. The highest BCUT2D eigenvalue weighted by Crippen LogP contribution is 2.20. The molecule has 3 rings (SSSR count). The summed E-state index contributed by atoms with van der Waals surface area (Å²) in [5.74, 6) is 1.26. The normalized spacial score (nSPS) is 10.9. The first-order chi connectivity index (χ1) is 11.8. The highest BCUT2D eigenvalue weighted by molar-refractivity contribution is 7.13. The predicted octanol–water partition coefficient (Wildman–Crippen LogP) is 3.89. The maximum absolute atomic E-state index is 12.2. The molecule has 0 saturated carbocycles. The van der Waals surface area contributed by atoms with E-state index in [0.29, 0.717) is 23.7 Å². The zero-order chi connectivity index (χ0) is 16.8. The average molecular weight is 337 g/mol. The SMILES string of the molecule is CCOc1ccc(C(=O)C=Cc2csc(-c3ncccn3)n2)cc1. The third-order valence-electron chi connectivity index (χ3n) is 3.13. The van der Waals surface area contributed by atoms with E-state index in [1.54, 1.807) is 48.8 Å². The molecule has 3 aromatic rings. The molecule has 5 nitrogen and oxygen atoms in total. The number of allylic oxidation sites excluding steroid dienone is 1. The zero-order valence-electron chi connectivity index (χ0n) is 13.0. The van der Waals surface area contributed by atoms with Crippen molar-refractivity contribution in [3.8, 4) is 16.6 Å². The van der Waals surface area contributed by atoms with Gasteiger partial charge in [0.05, 0.1) is 12.3 Å². The molecule has 6 heteroatoms. The maximum atomic E-state index is 12.2. The Bertz CT molecular complexity index is 842. The molecule has 2 aromatic heterocycles. The summed E-state index contributed by atoms with van der Waals surface area (Å²) in [5, 5.41) is 2.59. The monoisotopic (exact) mass is 337 g/mol. The van der Waals surface area contributed by atoms with Crippen LogP contribution in [0.1, 0.15) is 23.0 Å². The molecule has 0 aliphatic carbocycles. The molecule has 0 aliphatic heterocycles. The lowest BCUT2D eigenvalue weighted by atomic mass is 10.1. The maximum Gasteiger partial charge on any atom is 0.188 e. The minimum absolute atomic E-state index is 0.0800. The van der Waals surface area contributed by atoms with Crippen LogP contribution in [0.3, 0.4) is 0 Å². The van der Waals surface area contributed by atoms with Crippen LogP contribution in [0.15, 0.2) is 54.2 Å². The van der Waals surface area contributed by atoms with Crippen LogP contribution in [0.5, 0.6) is 5.75 Å². The van der Waals surface area contributed by atoms with E-state index >= 15 is 0 Å². The summed E-state index contributed by atoms with van der Waals surface area (Å²) in [7, 11) is 0. The van der Waals surface area contributed by atoms with Crippen molar-refractivity contribution in [2.75, 3.05) is 6.61 Å². The van der Waals surface area contributed by atoms with Gasteiger partial charge in [0.1, 0.15) is 5.75 Å². The summed E-state index contributed by atoms with van der Waals surface area (Å²) in [5.41, 5.74) is 1.32. The Balaban J connectivity index is 1.69. The van der Waals surface area contributed by atoms with E-state index in [-0.39, 0.29) is 5.78 Å². The van der Waals surface area contributed by atoms with Crippen molar-refractivity contribution in [3.05, 3.63) is 65.4 Å². The summed E-state index contributed by atoms with van der Waals surface area (Å²) in [4.78, 5) is 24.9. The Hall–Kier alpha value is -2.86. The molecule has 120 valence electrons. The molecule has 0 N–H and O–H groups in total. The average Bonchev–Trinajstić information content (AvgIpc) is 3.10. The van der Waals surface area contributed by atoms with Gasteiger partial charge in [-0.2, -0.15) is 0 Å². The van der Waals surface area contributed by atoms with Crippen molar-refractivity contribution < 1.29 is 9.53 Å². The lowest BCUT2D eigenvalue weighted by Gasteiger charge is -2.02. The van der Waals surface area contributed by atoms with Gasteiger partial charge in [0.15, 0.2) is 16.6 Å². The molecule has 0 amide bonds. The second kappa shape index (κ2) is 7.61. The van der Waals surface area contributed by atoms with E-state index < -0.39 is 0 Å². The molecule has 0 atom stereocenters. The first-order valence-corrected chi connectivity index (χ1v) is 8.32.